The summed E-state index contributed by atoms with van der Waals surface area (Å²) in [6.07, 6.45) is 0. The third-order valence-electron chi connectivity index (χ3n) is 3.53. The van der Waals surface area contributed by atoms with Crippen molar-refractivity contribution < 1.29 is 39.2 Å². The molecule has 11 heteroatoms. The number of benzene rings is 2. The van der Waals surface area contributed by atoms with Crippen LogP contribution >= 0.6 is 0 Å². The van der Waals surface area contributed by atoms with Crippen molar-refractivity contribution in [3.63, 3.8) is 0 Å². The van der Waals surface area contributed by atoms with E-state index in [0.717, 1.165) is 0 Å². The molecule has 0 saturated heterocycles. The van der Waals surface area contributed by atoms with Crippen LogP contribution in [0.2, 0.25) is 0 Å². The number of ether oxygens (including phenoxy) is 1. The van der Waals surface area contributed by atoms with Gasteiger partial charge in [-0.05, 0) is 48.5 Å². The number of carboxylic acids is 3. The molecule has 30 heavy (non-hydrogen) atoms. The molecule has 2 rings (SSSR count). The fourth-order valence-corrected chi connectivity index (χ4v) is 2.25. The van der Waals surface area contributed by atoms with Crippen molar-refractivity contribution >= 4 is 35.2 Å². The highest BCUT2D eigenvalue weighted by Gasteiger charge is 2.21. The van der Waals surface area contributed by atoms with E-state index in [-0.39, 0.29) is 5.56 Å². The van der Waals surface area contributed by atoms with Gasteiger partial charge >= 0.3 is 17.9 Å². The quantitative estimate of drug-likeness (QED) is 0.496. The Hall–Kier alpha value is -4.28. The molecule has 0 aromatic heterocycles. The first-order valence-corrected chi connectivity index (χ1v) is 8.44. The minimum Gasteiger partial charge on any atom is -0.482 e. The number of carbonyl (C=O) groups excluding carboxylic acids is 1. The maximum Gasteiger partial charge on any atom is 0.341 e. The average Bonchev–Trinajstić information content (AvgIpc) is 2.70. The van der Waals surface area contributed by atoms with Gasteiger partial charge in [0.25, 0.3) is 5.91 Å². The van der Waals surface area contributed by atoms with E-state index in [1.54, 1.807) is 24.3 Å². The lowest BCUT2D eigenvalue weighted by atomic mass is 10.2. The maximum atomic E-state index is 12.3. The zero-order valence-corrected chi connectivity index (χ0v) is 15.5. The largest absolute Gasteiger partial charge is 0.482 e. The van der Waals surface area contributed by atoms with Gasteiger partial charge in [0.05, 0.1) is 11.4 Å². The summed E-state index contributed by atoms with van der Waals surface area (Å²) in [4.78, 5) is 45.2. The normalized spacial score (nSPS) is 10.5. The first-order valence-electron chi connectivity index (χ1n) is 8.44. The zero-order chi connectivity index (χ0) is 22.1. The molecule has 0 unspecified atom stereocenters. The van der Waals surface area contributed by atoms with Crippen LogP contribution < -0.4 is 4.74 Å². The summed E-state index contributed by atoms with van der Waals surface area (Å²) in [6, 6.07) is 12.0. The second-order valence-corrected chi connectivity index (χ2v) is 5.87. The molecule has 0 fully saturated rings. The summed E-state index contributed by atoms with van der Waals surface area (Å²) in [7, 11) is 0. The van der Waals surface area contributed by atoms with Crippen LogP contribution in [-0.4, -0.2) is 63.7 Å². The second-order valence-electron chi connectivity index (χ2n) is 5.87. The fourth-order valence-electron chi connectivity index (χ4n) is 2.25. The Bertz CT molecular complexity index is 939. The molecule has 156 valence electrons. The molecule has 3 N–H and O–H groups in total. The van der Waals surface area contributed by atoms with E-state index in [4.69, 9.17) is 20.1 Å². The fraction of sp³-hybridized carbons (Fsp3) is 0.158. The van der Waals surface area contributed by atoms with Gasteiger partial charge in [-0.1, -0.05) is 0 Å². The Morgan fingerprint density at radius 3 is 1.63 bits per heavy atom. The Morgan fingerprint density at radius 1 is 0.733 bits per heavy atom. The lowest BCUT2D eigenvalue weighted by molar-refractivity contribution is -0.141. The molecule has 0 aliphatic rings. The van der Waals surface area contributed by atoms with Crippen LogP contribution in [0.5, 0.6) is 5.75 Å². The number of nitrogens with zero attached hydrogens (tertiary/aromatic N) is 3. The first-order chi connectivity index (χ1) is 14.2. The number of hydrogen-bond donors (Lipinski definition) is 3. The minimum atomic E-state index is -1.32. The van der Waals surface area contributed by atoms with E-state index in [1.165, 1.54) is 24.3 Å². The van der Waals surface area contributed by atoms with Gasteiger partial charge in [0.2, 0.25) is 0 Å². The molecule has 11 nitrogen and oxygen atoms in total. The van der Waals surface area contributed by atoms with Gasteiger partial charge < -0.3 is 25.0 Å². The minimum absolute atomic E-state index is 0.108. The van der Waals surface area contributed by atoms with Gasteiger partial charge in [-0.2, -0.15) is 10.2 Å². The summed E-state index contributed by atoms with van der Waals surface area (Å²) < 4.78 is 5.01. The van der Waals surface area contributed by atoms with Crippen molar-refractivity contribution in [1.29, 1.82) is 0 Å². The molecule has 0 aliphatic heterocycles. The number of aliphatic carboxylic acids is 3. The van der Waals surface area contributed by atoms with Crippen LogP contribution in [0.15, 0.2) is 58.8 Å². The van der Waals surface area contributed by atoms with Crippen molar-refractivity contribution in [3.05, 3.63) is 54.1 Å². The van der Waals surface area contributed by atoms with Crippen LogP contribution in [-0.2, 0) is 14.4 Å². The highest BCUT2D eigenvalue weighted by Crippen LogP contribution is 2.22. The molecule has 0 atom stereocenters. The van der Waals surface area contributed by atoms with Crippen molar-refractivity contribution in [1.82, 2.24) is 4.90 Å². The number of azo groups is 1. The molecule has 0 radical (unpaired) electrons. The van der Waals surface area contributed by atoms with E-state index >= 15 is 0 Å². The molecule has 0 saturated carbocycles. The van der Waals surface area contributed by atoms with Crippen LogP contribution in [0.3, 0.4) is 0 Å². The number of rotatable bonds is 10. The molecular weight excluding hydrogens is 398 g/mol. The topological polar surface area (TPSA) is 166 Å². The van der Waals surface area contributed by atoms with Gasteiger partial charge in [-0.15, -0.1) is 0 Å². The summed E-state index contributed by atoms with van der Waals surface area (Å²) in [5, 5.41) is 34.2. The number of carbonyl (C=O) groups is 4. The molecule has 1 amide bonds. The summed E-state index contributed by atoms with van der Waals surface area (Å²) >= 11 is 0. The first kappa shape index (κ1) is 22.0. The molecule has 0 heterocycles. The number of carboxylic acid groups (broad SMARTS) is 3. The lowest BCUT2D eigenvalue weighted by Crippen LogP contribution is -2.39. The maximum absolute atomic E-state index is 12.3. The molecular formula is C19H17N3O8. The SMILES string of the molecule is O=C(O)COc1ccc(N=Nc2ccc(C(=O)N(CC(=O)O)CC(=O)O)cc2)cc1. The van der Waals surface area contributed by atoms with E-state index < -0.39 is 43.5 Å². The Morgan fingerprint density at radius 2 is 1.20 bits per heavy atom. The van der Waals surface area contributed by atoms with Crippen molar-refractivity contribution in [2.24, 2.45) is 10.2 Å². The highest BCUT2D eigenvalue weighted by molar-refractivity contribution is 5.97. The van der Waals surface area contributed by atoms with Crippen molar-refractivity contribution in [2.75, 3.05) is 19.7 Å². The number of amides is 1. The van der Waals surface area contributed by atoms with Crippen LogP contribution in [0.25, 0.3) is 0 Å². The van der Waals surface area contributed by atoms with Gasteiger partial charge in [-0.3, -0.25) is 14.4 Å². The molecule has 2 aromatic carbocycles. The van der Waals surface area contributed by atoms with Crippen LogP contribution in [0.1, 0.15) is 10.4 Å². The smallest absolute Gasteiger partial charge is 0.341 e. The summed E-state index contributed by atoms with van der Waals surface area (Å²) in [6.45, 7) is -1.93. The van der Waals surface area contributed by atoms with Crippen molar-refractivity contribution in [2.45, 2.75) is 0 Å². The van der Waals surface area contributed by atoms with Crippen molar-refractivity contribution in [3.8, 4) is 5.75 Å². The summed E-state index contributed by atoms with van der Waals surface area (Å²) in [5.74, 6) is -4.11. The van der Waals surface area contributed by atoms with Gasteiger partial charge in [0.1, 0.15) is 18.8 Å². The number of hydrogen-bond acceptors (Lipinski definition) is 7. The van der Waals surface area contributed by atoms with Crippen LogP contribution in [0, 0.1) is 0 Å². The Labute approximate surface area is 169 Å². The Balaban J connectivity index is 2.04. The Kier molecular flexibility index (Phi) is 7.57. The van der Waals surface area contributed by atoms with E-state index in [1.807, 2.05) is 0 Å². The molecule has 0 bridgehead atoms. The van der Waals surface area contributed by atoms with Gasteiger partial charge in [0, 0.05) is 5.56 Å². The average molecular weight is 415 g/mol. The van der Waals surface area contributed by atoms with Gasteiger partial charge in [0.15, 0.2) is 6.61 Å². The standard InChI is InChI=1S/C19H17N3O8/c23-16(24)9-22(10-17(25)26)19(29)12-1-3-13(4-2-12)20-21-14-5-7-15(8-6-14)30-11-18(27)28/h1-8H,9-11H2,(H,23,24)(H,25,26)(H,27,28). The monoisotopic (exact) mass is 415 g/mol. The van der Waals surface area contributed by atoms with E-state index in [2.05, 4.69) is 10.2 Å². The molecule has 2 aromatic rings. The van der Waals surface area contributed by atoms with Crippen LogP contribution in [0.4, 0.5) is 11.4 Å². The van der Waals surface area contributed by atoms with E-state index in [0.29, 0.717) is 22.0 Å². The highest BCUT2D eigenvalue weighted by atomic mass is 16.5. The third kappa shape index (κ3) is 7.03. The molecule has 0 spiro atoms. The molecule has 0 aliphatic carbocycles. The zero-order valence-electron chi connectivity index (χ0n) is 15.5. The lowest BCUT2D eigenvalue weighted by Gasteiger charge is -2.18. The van der Waals surface area contributed by atoms with E-state index in [9.17, 15) is 19.2 Å². The predicted molar refractivity (Wildman–Crippen MR) is 101 cm³/mol. The predicted octanol–water partition coefficient (Wildman–Crippen LogP) is 2.18. The summed E-state index contributed by atoms with van der Waals surface area (Å²) in [5.41, 5.74) is 0.990. The second kappa shape index (κ2) is 10.3. The van der Waals surface area contributed by atoms with Gasteiger partial charge in [-0.25, -0.2) is 4.79 Å². The third-order valence-corrected chi connectivity index (χ3v) is 3.53.